The Hall–Kier alpha value is -2.62. The smallest absolute Gasteiger partial charge is 0.181 e. The second-order valence-electron chi connectivity index (χ2n) is 4.45. The molecule has 1 aromatic heterocycles. The number of aromatic nitrogens is 3. The molecule has 0 radical (unpaired) electrons. The molecule has 0 amide bonds. The highest BCUT2D eigenvalue weighted by atomic mass is 15.2. The van der Waals surface area contributed by atoms with Gasteiger partial charge in [-0.3, -0.25) is 5.10 Å². The predicted molar refractivity (Wildman–Crippen MR) is 76.4 cm³/mol. The molecule has 0 fully saturated rings. The van der Waals surface area contributed by atoms with E-state index in [2.05, 4.69) is 15.2 Å². The van der Waals surface area contributed by atoms with E-state index in [4.69, 9.17) is 5.73 Å². The van der Waals surface area contributed by atoms with Gasteiger partial charge in [0.1, 0.15) is 0 Å². The van der Waals surface area contributed by atoms with E-state index < -0.39 is 0 Å². The minimum atomic E-state index is 0.682. The van der Waals surface area contributed by atoms with Gasteiger partial charge >= 0.3 is 0 Å². The van der Waals surface area contributed by atoms with Crippen molar-refractivity contribution in [3.05, 3.63) is 54.1 Å². The Kier molecular flexibility index (Phi) is 2.76. The van der Waals surface area contributed by atoms with Gasteiger partial charge in [0.2, 0.25) is 0 Å². The minimum absolute atomic E-state index is 0.682. The fourth-order valence-corrected chi connectivity index (χ4v) is 1.93. The molecule has 3 rings (SSSR count). The molecule has 94 valence electrons. The SMILES string of the molecule is Cc1cc(-c2n[nH]c(-c3ccccc3)n2)ccc1N. The van der Waals surface area contributed by atoms with Crippen LogP contribution >= 0.6 is 0 Å². The first-order valence-electron chi connectivity index (χ1n) is 6.08. The number of H-pyrrole nitrogens is 1. The quantitative estimate of drug-likeness (QED) is 0.687. The van der Waals surface area contributed by atoms with Crippen LogP contribution in [-0.2, 0) is 0 Å². The van der Waals surface area contributed by atoms with E-state index in [1.54, 1.807) is 0 Å². The van der Waals surface area contributed by atoms with Crippen LogP contribution in [0.1, 0.15) is 5.56 Å². The lowest BCUT2D eigenvalue weighted by molar-refractivity contribution is 1.10. The molecule has 4 nitrogen and oxygen atoms in total. The van der Waals surface area contributed by atoms with E-state index in [0.717, 1.165) is 28.2 Å². The summed E-state index contributed by atoms with van der Waals surface area (Å²) >= 11 is 0. The van der Waals surface area contributed by atoms with Crippen LogP contribution in [0.3, 0.4) is 0 Å². The maximum absolute atomic E-state index is 5.81. The number of benzene rings is 2. The monoisotopic (exact) mass is 250 g/mol. The summed E-state index contributed by atoms with van der Waals surface area (Å²) in [6, 6.07) is 15.7. The van der Waals surface area contributed by atoms with Crippen LogP contribution in [0.25, 0.3) is 22.8 Å². The van der Waals surface area contributed by atoms with Crippen molar-refractivity contribution < 1.29 is 0 Å². The Morgan fingerprint density at radius 2 is 1.79 bits per heavy atom. The molecule has 0 bridgehead atoms. The van der Waals surface area contributed by atoms with Crippen LogP contribution in [0.5, 0.6) is 0 Å². The summed E-state index contributed by atoms with van der Waals surface area (Å²) in [4.78, 5) is 4.51. The average molecular weight is 250 g/mol. The largest absolute Gasteiger partial charge is 0.399 e. The van der Waals surface area contributed by atoms with Gasteiger partial charge in [-0.2, -0.15) is 5.10 Å². The van der Waals surface area contributed by atoms with Gasteiger partial charge < -0.3 is 5.73 Å². The number of hydrogen-bond donors (Lipinski definition) is 2. The molecular formula is C15H14N4. The molecule has 0 aliphatic heterocycles. The molecular weight excluding hydrogens is 236 g/mol. The van der Waals surface area contributed by atoms with Gasteiger partial charge in [-0.25, -0.2) is 4.98 Å². The van der Waals surface area contributed by atoms with Crippen molar-refractivity contribution in [1.82, 2.24) is 15.2 Å². The molecule has 19 heavy (non-hydrogen) atoms. The lowest BCUT2D eigenvalue weighted by Crippen LogP contribution is -1.90. The van der Waals surface area contributed by atoms with Crippen molar-refractivity contribution >= 4 is 5.69 Å². The molecule has 0 saturated carbocycles. The Morgan fingerprint density at radius 3 is 2.53 bits per heavy atom. The average Bonchev–Trinajstić information content (AvgIpc) is 2.93. The summed E-state index contributed by atoms with van der Waals surface area (Å²) in [5.41, 5.74) is 9.61. The zero-order valence-electron chi connectivity index (χ0n) is 10.6. The third kappa shape index (κ3) is 2.20. The number of hydrogen-bond acceptors (Lipinski definition) is 3. The number of anilines is 1. The lowest BCUT2D eigenvalue weighted by Gasteiger charge is -2.01. The summed E-state index contributed by atoms with van der Waals surface area (Å²) < 4.78 is 0. The van der Waals surface area contributed by atoms with Gasteiger partial charge in [-0.15, -0.1) is 0 Å². The summed E-state index contributed by atoms with van der Waals surface area (Å²) in [5, 5.41) is 7.22. The van der Waals surface area contributed by atoms with Crippen molar-refractivity contribution in [2.24, 2.45) is 0 Å². The number of aromatic amines is 1. The van der Waals surface area contributed by atoms with E-state index in [1.165, 1.54) is 0 Å². The summed E-state index contributed by atoms with van der Waals surface area (Å²) in [6.07, 6.45) is 0. The van der Waals surface area contributed by atoms with E-state index in [1.807, 2.05) is 55.5 Å². The zero-order valence-corrected chi connectivity index (χ0v) is 10.6. The Morgan fingerprint density at radius 1 is 1.00 bits per heavy atom. The summed E-state index contributed by atoms with van der Waals surface area (Å²) in [5.74, 6) is 1.45. The van der Waals surface area contributed by atoms with Gasteiger partial charge in [0, 0.05) is 16.8 Å². The van der Waals surface area contributed by atoms with Gasteiger partial charge in [-0.1, -0.05) is 30.3 Å². The molecule has 0 aliphatic carbocycles. The number of nitrogen functional groups attached to an aromatic ring is 1. The third-order valence-corrected chi connectivity index (χ3v) is 3.06. The molecule has 0 atom stereocenters. The molecule has 3 aromatic rings. The molecule has 1 heterocycles. The highest BCUT2D eigenvalue weighted by Crippen LogP contribution is 2.22. The normalized spacial score (nSPS) is 10.6. The maximum Gasteiger partial charge on any atom is 0.181 e. The standard InChI is InChI=1S/C15H14N4/c1-10-9-12(7-8-13(10)16)15-17-14(18-19-15)11-5-3-2-4-6-11/h2-9H,16H2,1H3,(H,17,18,19). The number of rotatable bonds is 2. The fourth-order valence-electron chi connectivity index (χ4n) is 1.93. The Bertz CT molecular complexity index is 701. The molecule has 3 N–H and O–H groups in total. The third-order valence-electron chi connectivity index (χ3n) is 3.06. The second kappa shape index (κ2) is 4.57. The van der Waals surface area contributed by atoms with Crippen molar-refractivity contribution in [2.75, 3.05) is 5.73 Å². The molecule has 0 unspecified atom stereocenters. The predicted octanol–water partition coefficient (Wildman–Crippen LogP) is 3.03. The van der Waals surface area contributed by atoms with E-state index in [0.29, 0.717) is 5.82 Å². The van der Waals surface area contributed by atoms with Crippen molar-refractivity contribution in [3.63, 3.8) is 0 Å². The first kappa shape index (κ1) is 11.5. The van der Waals surface area contributed by atoms with E-state index in [9.17, 15) is 0 Å². The van der Waals surface area contributed by atoms with Crippen molar-refractivity contribution in [3.8, 4) is 22.8 Å². The zero-order chi connectivity index (χ0) is 13.2. The first-order valence-corrected chi connectivity index (χ1v) is 6.08. The van der Waals surface area contributed by atoms with Gasteiger partial charge in [-0.05, 0) is 30.7 Å². The van der Waals surface area contributed by atoms with Crippen LogP contribution in [0.15, 0.2) is 48.5 Å². The fraction of sp³-hybridized carbons (Fsp3) is 0.0667. The van der Waals surface area contributed by atoms with Gasteiger partial charge in [0.05, 0.1) is 0 Å². The van der Waals surface area contributed by atoms with Crippen LogP contribution in [0.4, 0.5) is 5.69 Å². The summed E-state index contributed by atoms with van der Waals surface area (Å²) in [7, 11) is 0. The minimum Gasteiger partial charge on any atom is -0.399 e. The number of aryl methyl sites for hydroxylation is 1. The first-order chi connectivity index (χ1) is 9.24. The Labute approximate surface area is 111 Å². The molecule has 0 spiro atoms. The van der Waals surface area contributed by atoms with Gasteiger partial charge in [0.25, 0.3) is 0 Å². The number of nitrogens with two attached hydrogens (primary N) is 1. The van der Waals surface area contributed by atoms with Crippen LogP contribution in [0, 0.1) is 6.92 Å². The molecule has 0 aliphatic rings. The number of nitrogens with zero attached hydrogens (tertiary/aromatic N) is 2. The Balaban J connectivity index is 1.99. The molecule has 0 saturated heterocycles. The maximum atomic E-state index is 5.81. The molecule has 4 heteroatoms. The van der Waals surface area contributed by atoms with Crippen molar-refractivity contribution in [1.29, 1.82) is 0 Å². The van der Waals surface area contributed by atoms with Crippen molar-refractivity contribution in [2.45, 2.75) is 6.92 Å². The van der Waals surface area contributed by atoms with Gasteiger partial charge in [0.15, 0.2) is 11.6 Å². The second-order valence-corrected chi connectivity index (χ2v) is 4.45. The highest BCUT2D eigenvalue weighted by Gasteiger charge is 2.08. The highest BCUT2D eigenvalue weighted by molar-refractivity contribution is 5.64. The van der Waals surface area contributed by atoms with E-state index >= 15 is 0 Å². The number of nitrogens with one attached hydrogen (secondary N) is 1. The topological polar surface area (TPSA) is 67.6 Å². The molecule has 2 aromatic carbocycles. The van der Waals surface area contributed by atoms with Crippen LogP contribution in [-0.4, -0.2) is 15.2 Å². The summed E-state index contributed by atoms with van der Waals surface area (Å²) in [6.45, 7) is 1.98. The van der Waals surface area contributed by atoms with Crippen LogP contribution < -0.4 is 5.73 Å². The lowest BCUT2D eigenvalue weighted by atomic mass is 10.1. The van der Waals surface area contributed by atoms with Crippen LogP contribution in [0.2, 0.25) is 0 Å². The van der Waals surface area contributed by atoms with E-state index in [-0.39, 0.29) is 0 Å².